The number of hydrogen-bond acceptors (Lipinski definition) is 6. The highest BCUT2D eigenvalue weighted by Crippen LogP contribution is 2.31. The van der Waals surface area contributed by atoms with Crippen molar-refractivity contribution in [1.82, 2.24) is 20.1 Å². The van der Waals surface area contributed by atoms with Crippen LogP contribution in [0.15, 0.2) is 29.8 Å². The van der Waals surface area contributed by atoms with Crippen molar-refractivity contribution >= 4 is 23.2 Å². The summed E-state index contributed by atoms with van der Waals surface area (Å²) >= 11 is 1.61. The lowest BCUT2D eigenvalue weighted by atomic mass is 9.83. The Hall–Kier alpha value is -2.29. The topological polar surface area (TPSA) is 85.8 Å². The molecule has 1 aromatic carbocycles. The minimum atomic E-state index is -0.711. The maximum absolute atomic E-state index is 13.9. The molecule has 1 aliphatic heterocycles. The van der Waals surface area contributed by atoms with Crippen molar-refractivity contribution in [2.75, 3.05) is 13.1 Å². The minimum Gasteiger partial charge on any atom is -0.391 e. The van der Waals surface area contributed by atoms with E-state index in [0.717, 1.165) is 28.2 Å². The van der Waals surface area contributed by atoms with Crippen molar-refractivity contribution in [1.29, 1.82) is 0 Å². The Morgan fingerprint density at radius 2 is 1.86 bits per heavy atom. The van der Waals surface area contributed by atoms with Crippen LogP contribution in [0.4, 0.5) is 0 Å². The van der Waals surface area contributed by atoms with E-state index in [2.05, 4.69) is 56.7 Å². The molecule has 2 heterocycles. The number of rotatable bonds is 8. The summed E-state index contributed by atoms with van der Waals surface area (Å²) in [5, 5.41) is 13.5. The first kappa shape index (κ1) is 28.3. The second kappa shape index (κ2) is 11.4. The molecule has 2 aromatic rings. The van der Waals surface area contributed by atoms with Crippen LogP contribution in [0.25, 0.3) is 10.4 Å². The number of likely N-dealkylation sites (tertiary alicyclic amines) is 1. The Morgan fingerprint density at radius 3 is 2.36 bits per heavy atom. The van der Waals surface area contributed by atoms with Gasteiger partial charge in [-0.15, -0.1) is 11.3 Å². The predicted molar refractivity (Wildman–Crippen MR) is 146 cm³/mol. The summed E-state index contributed by atoms with van der Waals surface area (Å²) in [6, 6.07) is 7.00. The summed E-state index contributed by atoms with van der Waals surface area (Å²) < 4.78 is 0. The first-order valence-electron chi connectivity index (χ1n) is 12.9. The summed E-state index contributed by atoms with van der Waals surface area (Å²) in [5.41, 5.74) is 4.61. The van der Waals surface area contributed by atoms with E-state index in [1.807, 2.05) is 43.6 Å². The van der Waals surface area contributed by atoms with Crippen LogP contribution in [0.3, 0.4) is 0 Å². The molecule has 8 heteroatoms. The van der Waals surface area contributed by atoms with Gasteiger partial charge < -0.3 is 15.3 Å². The molecule has 0 spiro atoms. The Morgan fingerprint density at radius 1 is 1.22 bits per heavy atom. The van der Waals surface area contributed by atoms with Crippen molar-refractivity contribution in [2.45, 2.75) is 92.1 Å². The van der Waals surface area contributed by atoms with Crippen LogP contribution in [-0.2, 0) is 9.59 Å². The normalized spacial score (nSPS) is 20.1. The largest absolute Gasteiger partial charge is 0.391 e. The molecule has 0 unspecified atom stereocenters. The van der Waals surface area contributed by atoms with Crippen molar-refractivity contribution in [3.8, 4) is 10.4 Å². The summed E-state index contributed by atoms with van der Waals surface area (Å²) in [4.78, 5) is 36.5. The molecule has 4 atom stereocenters. The van der Waals surface area contributed by atoms with Crippen molar-refractivity contribution in [2.24, 2.45) is 5.41 Å². The third-order valence-electron chi connectivity index (χ3n) is 7.06. The van der Waals surface area contributed by atoms with Crippen LogP contribution in [0, 0.1) is 12.3 Å². The first-order chi connectivity index (χ1) is 16.8. The van der Waals surface area contributed by atoms with Gasteiger partial charge in [-0.05, 0) is 50.8 Å². The fourth-order valence-electron chi connectivity index (χ4n) is 5.21. The lowest BCUT2D eigenvalue weighted by Crippen LogP contribution is -2.59. The number of aliphatic hydroxyl groups is 1. The van der Waals surface area contributed by atoms with Gasteiger partial charge in [-0.2, -0.15) is 0 Å². The molecule has 2 amide bonds. The summed E-state index contributed by atoms with van der Waals surface area (Å²) in [6.45, 7) is 17.2. The minimum absolute atomic E-state index is 0.0910. The number of benzene rings is 1. The third-order valence-corrected chi connectivity index (χ3v) is 8.03. The number of aliphatic hydroxyl groups excluding tert-OH is 1. The maximum atomic E-state index is 13.9. The van der Waals surface area contributed by atoms with Gasteiger partial charge in [0.05, 0.1) is 34.3 Å². The molecule has 0 bridgehead atoms. The van der Waals surface area contributed by atoms with Crippen LogP contribution < -0.4 is 5.32 Å². The molecule has 1 aromatic heterocycles. The van der Waals surface area contributed by atoms with E-state index in [9.17, 15) is 14.7 Å². The zero-order valence-corrected chi connectivity index (χ0v) is 23.7. The van der Waals surface area contributed by atoms with Gasteiger partial charge in [-0.3, -0.25) is 14.5 Å². The third kappa shape index (κ3) is 6.15. The molecule has 1 saturated heterocycles. The van der Waals surface area contributed by atoms with Crippen molar-refractivity contribution in [3.05, 3.63) is 41.0 Å². The lowest BCUT2D eigenvalue weighted by Gasteiger charge is -2.43. The van der Waals surface area contributed by atoms with Gasteiger partial charge in [-0.25, -0.2) is 4.98 Å². The molecule has 0 saturated carbocycles. The number of aromatic nitrogens is 1. The highest BCUT2D eigenvalue weighted by Gasteiger charge is 2.46. The van der Waals surface area contributed by atoms with E-state index in [1.165, 1.54) is 0 Å². The number of thiazole rings is 1. The van der Waals surface area contributed by atoms with Gasteiger partial charge in [0.25, 0.3) is 0 Å². The highest BCUT2D eigenvalue weighted by atomic mass is 32.1. The van der Waals surface area contributed by atoms with Gasteiger partial charge in [-0.1, -0.05) is 52.0 Å². The van der Waals surface area contributed by atoms with Crippen LogP contribution >= 0.6 is 11.3 Å². The number of nitrogens with zero attached hydrogens (tertiary/aromatic N) is 3. The summed E-state index contributed by atoms with van der Waals surface area (Å²) in [6.07, 6.45) is -0.463. The fourth-order valence-corrected chi connectivity index (χ4v) is 6.03. The number of aryl methyl sites for hydroxylation is 1. The van der Waals surface area contributed by atoms with Gasteiger partial charge in [0.1, 0.15) is 6.04 Å². The molecule has 2 N–H and O–H groups in total. The average Bonchev–Trinajstić information content (AvgIpc) is 3.41. The lowest BCUT2D eigenvalue weighted by molar-refractivity contribution is -0.147. The smallest absolute Gasteiger partial charge is 0.243 e. The van der Waals surface area contributed by atoms with Gasteiger partial charge in [0, 0.05) is 19.0 Å². The Bertz CT molecular complexity index is 1040. The van der Waals surface area contributed by atoms with E-state index < -0.39 is 12.1 Å². The van der Waals surface area contributed by atoms with E-state index >= 15 is 0 Å². The fraction of sp³-hybridized carbons (Fsp3) is 0.607. The molecule has 0 aliphatic carbocycles. The highest BCUT2D eigenvalue weighted by molar-refractivity contribution is 7.13. The molecule has 7 nitrogen and oxygen atoms in total. The standard InChI is InChI=1S/C28H42N4O3S/c1-9-31(17(2)3)25(28(6,7)8)27(35)32-15-22(33)14-23(32)26(34)30-18(4)20-10-12-21(13-11-20)24-19(5)29-16-36-24/h10-13,16-18,22-23,25,33H,9,14-15H2,1-8H3,(H,30,34)/t18-,22+,23-,25+/m0/s1. The van der Waals surface area contributed by atoms with E-state index in [0.29, 0.717) is 0 Å². The average molecular weight is 515 g/mol. The molecule has 1 aliphatic rings. The van der Waals surface area contributed by atoms with Gasteiger partial charge in [0.15, 0.2) is 0 Å². The molecule has 3 rings (SSSR count). The number of amides is 2. The number of hydrogen-bond donors (Lipinski definition) is 2. The van der Waals surface area contributed by atoms with E-state index in [-0.39, 0.29) is 48.3 Å². The van der Waals surface area contributed by atoms with Crippen LogP contribution in [0.5, 0.6) is 0 Å². The van der Waals surface area contributed by atoms with Crippen LogP contribution in [-0.4, -0.2) is 69.0 Å². The molecular weight excluding hydrogens is 472 g/mol. The summed E-state index contributed by atoms with van der Waals surface area (Å²) in [5.74, 6) is -0.318. The first-order valence-corrected chi connectivity index (χ1v) is 13.8. The number of carbonyl (C=O) groups is 2. The summed E-state index contributed by atoms with van der Waals surface area (Å²) in [7, 11) is 0. The SMILES string of the molecule is CCN(C(C)C)[C@H](C(=O)N1C[C@H](O)C[C@H]1C(=O)N[C@@H](C)c1ccc(-c2scnc2C)cc1)C(C)(C)C. The van der Waals surface area contributed by atoms with Crippen molar-refractivity contribution in [3.63, 3.8) is 0 Å². The van der Waals surface area contributed by atoms with Crippen LogP contribution in [0.1, 0.15) is 72.2 Å². The number of likely N-dealkylation sites (N-methyl/N-ethyl adjacent to an activating group) is 1. The van der Waals surface area contributed by atoms with Crippen molar-refractivity contribution < 1.29 is 14.7 Å². The molecule has 198 valence electrons. The number of carbonyl (C=O) groups excluding carboxylic acids is 2. The van der Waals surface area contributed by atoms with Gasteiger partial charge in [0.2, 0.25) is 11.8 Å². The second-order valence-electron chi connectivity index (χ2n) is 11.2. The molecule has 0 radical (unpaired) electrons. The monoisotopic (exact) mass is 514 g/mol. The zero-order chi connectivity index (χ0) is 26.8. The molecule has 36 heavy (non-hydrogen) atoms. The second-order valence-corrected chi connectivity index (χ2v) is 12.1. The van der Waals surface area contributed by atoms with E-state index in [4.69, 9.17) is 0 Å². The van der Waals surface area contributed by atoms with Gasteiger partial charge >= 0.3 is 0 Å². The predicted octanol–water partition coefficient (Wildman–Crippen LogP) is 4.40. The number of β-amino-alcohol motifs (C(OH)–C–C–N with tert-alkyl or cyclic N) is 1. The number of nitrogens with one attached hydrogen (secondary N) is 1. The Kier molecular flexibility index (Phi) is 8.96. The Labute approximate surface area is 219 Å². The molecular formula is C28H42N4O3S. The van der Waals surface area contributed by atoms with Crippen LogP contribution in [0.2, 0.25) is 0 Å². The molecule has 1 fully saturated rings. The quantitative estimate of drug-likeness (QED) is 0.545. The Balaban J connectivity index is 1.76. The zero-order valence-electron chi connectivity index (χ0n) is 22.9. The van der Waals surface area contributed by atoms with E-state index in [1.54, 1.807) is 16.2 Å². The maximum Gasteiger partial charge on any atom is 0.243 e.